The van der Waals surface area contributed by atoms with Gasteiger partial charge in [-0.3, -0.25) is 9.59 Å². The molecule has 1 saturated carbocycles. The molecule has 0 saturated heterocycles. The predicted octanol–water partition coefficient (Wildman–Crippen LogP) is -0.931. The maximum absolute atomic E-state index is 11.2. The van der Waals surface area contributed by atoms with Crippen LogP contribution in [0.5, 0.6) is 0 Å². The van der Waals surface area contributed by atoms with Crippen LogP contribution in [-0.4, -0.2) is 35.7 Å². The number of carboxylic acid groups (broad SMARTS) is 1. The van der Waals surface area contributed by atoms with E-state index in [2.05, 4.69) is 0 Å². The molecule has 86 valence electrons. The van der Waals surface area contributed by atoms with Gasteiger partial charge in [0.2, 0.25) is 0 Å². The van der Waals surface area contributed by atoms with Gasteiger partial charge >= 0.3 is 11.9 Å². The van der Waals surface area contributed by atoms with Crippen molar-refractivity contribution in [1.82, 2.24) is 0 Å². The Morgan fingerprint density at radius 2 is 1.93 bits per heavy atom. The lowest BCUT2D eigenvalue weighted by molar-refractivity contribution is -0.150. The van der Waals surface area contributed by atoms with E-state index in [1.165, 1.54) is 12.8 Å². The molecular weight excluding hydrogens is 200 g/mol. The highest BCUT2D eigenvalue weighted by molar-refractivity contribution is 5.85. The largest absolute Gasteiger partial charge is 0.480 e. The van der Waals surface area contributed by atoms with Gasteiger partial charge in [0.05, 0.1) is 6.61 Å². The first kappa shape index (κ1) is 11.9. The minimum absolute atomic E-state index is 0.295. The highest BCUT2D eigenvalue weighted by Crippen LogP contribution is 2.32. The van der Waals surface area contributed by atoms with Crippen LogP contribution < -0.4 is 11.5 Å². The maximum Gasteiger partial charge on any atom is 0.325 e. The highest BCUT2D eigenvalue weighted by atomic mass is 16.5. The molecule has 0 bridgehead atoms. The van der Waals surface area contributed by atoms with Gasteiger partial charge in [-0.2, -0.15) is 0 Å². The normalized spacial score (nSPS) is 19.3. The average molecular weight is 216 g/mol. The number of rotatable bonds is 6. The van der Waals surface area contributed by atoms with E-state index in [0.29, 0.717) is 12.5 Å². The minimum atomic E-state index is -1.40. The van der Waals surface area contributed by atoms with Crippen LogP contribution in [0.3, 0.4) is 0 Å². The summed E-state index contributed by atoms with van der Waals surface area (Å²) in [5.41, 5.74) is 10.5. The summed E-state index contributed by atoms with van der Waals surface area (Å²) in [5.74, 6) is -1.39. The summed E-state index contributed by atoms with van der Waals surface area (Å²) >= 11 is 0. The van der Waals surface area contributed by atoms with Crippen LogP contribution in [0.15, 0.2) is 0 Å². The Kier molecular flexibility index (Phi) is 4.05. The van der Waals surface area contributed by atoms with Gasteiger partial charge < -0.3 is 21.3 Å². The molecule has 15 heavy (non-hydrogen) atoms. The van der Waals surface area contributed by atoms with Crippen molar-refractivity contribution in [3.05, 3.63) is 0 Å². The van der Waals surface area contributed by atoms with Crippen LogP contribution >= 0.6 is 0 Å². The minimum Gasteiger partial charge on any atom is -0.480 e. The third-order valence-electron chi connectivity index (χ3n) is 2.41. The molecule has 0 aliphatic heterocycles. The second kappa shape index (κ2) is 5.09. The molecule has 1 unspecified atom stereocenters. The molecule has 1 aliphatic rings. The summed E-state index contributed by atoms with van der Waals surface area (Å²) in [6.45, 7) is 0.295. The lowest BCUT2D eigenvalue weighted by Crippen LogP contribution is -2.52. The van der Waals surface area contributed by atoms with Crippen molar-refractivity contribution >= 4 is 11.9 Å². The molecule has 0 aromatic heterocycles. The number of aliphatic carboxylic acids is 1. The zero-order valence-electron chi connectivity index (χ0n) is 8.39. The number of carboxylic acids is 1. The molecule has 0 aromatic carbocycles. The van der Waals surface area contributed by atoms with Crippen molar-refractivity contribution in [3.8, 4) is 0 Å². The Morgan fingerprint density at radius 1 is 1.33 bits per heavy atom. The van der Waals surface area contributed by atoms with Crippen molar-refractivity contribution in [2.24, 2.45) is 17.4 Å². The van der Waals surface area contributed by atoms with Crippen molar-refractivity contribution in [1.29, 1.82) is 0 Å². The SMILES string of the molecule is NC(C(=O)O)[C@H](N)C(=O)OCCC1CC1. The van der Waals surface area contributed by atoms with E-state index in [4.69, 9.17) is 21.3 Å². The van der Waals surface area contributed by atoms with Crippen LogP contribution in [0.1, 0.15) is 19.3 Å². The third kappa shape index (κ3) is 3.85. The molecular formula is C9H16N2O4. The summed E-state index contributed by atoms with van der Waals surface area (Å²) in [4.78, 5) is 21.6. The number of carbonyl (C=O) groups is 2. The summed E-state index contributed by atoms with van der Waals surface area (Å²) in [6.07, 6.45) is 3.18. The van der Waals surface area contributed by atoms with Gasteiger partial charge in [-0.15, -0.1) is 0 Å². The highest BCUT2D eigenvalue weighted by Gasteiger charge is 2.29. The van der Waals surface area contributed by atoms with Crippen LogP contribution in [0, 0.1) is 5.92 Å². The van der Waals surface area contributed by atoms with E-state index in [9.17, 15) is 9.59 Å². The van der Waals surface area contributed by atoms with Gasteiger partial charge in [-0.25, -0.2) is 0 Å². The van der Waals surface area contributed by atoms with E-state index in [0.717, 1.165) is 6.42 Å². The molecule has 6 heteroatoms. The van der Waals surface area contributed by atoms with Crippen molar-refractivity contribution in [2.45, 2.75) is 31.3 Å². The molecule has 0 amide bonds. The number of ether oxygens (including phenoxy) is 1. The molecule has 0 aromatic rings. The third-order valence-corrected chi connectivity index (χ3v) is 2.41. The standard InChI is InChI=1S/C9H16N2O4/c10-6(8(12)13)7(11)9(14)15-4-3-5-1-2-5/h5-7H,1-4,10-11H2,(H,12,13)/t6?,7-/m0/s1. The average Bonchev–Trinajstić information content (AvgIpc) is 2.99. The van der Waals surface area contributed by atoms with Gasteiger partial charge in [0.15, 0.2) is 0 Å². The van der Waals surface area contributed by atoms with Crippen molar-refractivity contribution < 1.29 is 19.4 Å². The lowest BCUT2D eigenvalue weighted by atomic mass is 10.1. The maximum atomic E-state index is 11.2. The van der Waals surface area contributed by atoms with Gasteiger partial charge in [0.25, 0.3) is 0 Å². The summed E-state index contributed by atoms with van der Waals surface area (Å²) < 4.78 is 4.82. The second-order valence-electron chi connectivity index (χ2n) is 3.79. The molecule has 1 aliphatic carbocycles. The fourth-order valence-corrected chi connectivity index (χ4v) is 1.13. The van der Waals surface area contributed by atoms with Crippen LogP contribution in [0.2, 0.25) is 0 Å². The zero-order chi connectivity index (χ0) is 11.4. The first-order valence-corrected chi connectivity index (χ1v) is 4.93. The van der Waals surface area contributed by atoms with Crippen molar-refractivity contribution in [3.63, 3.8) is 0 Å². The monoisotopic (exact) mass is 216 g/mol. The van der Waals surface area contributed by atoms with Crippen LogP contribution in [0.4, 0.5) is 0 Å². The van der Waals surface area contributed by atoms with Gasteiger partial charge in [-0.05, 0) is 12.3 Å². The lowest BCUT2D eigenvalue weighted by Gasteiger charge is -2.14. The molecule has 0 spiro atoms. The van der Waals surface area contributed by atoms with E-state index in [-0.39, 0.29) is 0 Å². The molecule has 0 radical (unpaired) electrons. The van der Waals surface area contributed by atoms with Crippen LogP contribution in [-0.2, 0) is 14.3 Å². The number of carbonyl (C=O) groups excluding carboxylic acids is 1. The molecule has 6 nitrogen and oxygen atoms in total. The number of hydrogen-bond donors (Lipinski definition) is 3. The Morgan fingerprint density at radius 3 is 2.40 bits per heavy atom. The van der Waals surface area contributed by atoms with Gasteiger partial charge in [0.1, 0.15) is 12.1 Å². The Balaban J connectivity index is 2.21. The summed E-state index contributed by atoms with van der Waals surface area (Å²) in [6, 6.07) is -2.69. The summed E-state index contributed by atoms with van der Waals surface area (Å²) in [5, 5.41) is 8.51. The number of hydrogen-bond acceptors (Lipinski definition) is 5. The van der Waals surface area contributed by atoms with Gasteiger partial charge in [0, 0.05) is 0 Å². The summed E-state index contributed by atoms with van der Waals surface area (Å²) in [7, 11) is 0. The van der Waals surface area contributed by atoms with E-state index >= 15 is 0 Å². The van der Waals surface area contributed by atoms with E-state index in [1.54, 1.807) is 0 Å². The van der Waals surface area contributed by atoms with E-state index < -0.39 is 24.0 Å². The second-order valence-corrected chi connectivity index (χ2v) is 3.79. The molecule has 1 rings (SSSR count). The van der Waals surface area contributed by atoms with E-state index in [1.807, 2.05) is 0 Å². The van der Waals surface area contributed by atoms with Gasteiger partial charge in [-0.1, -0.05) is 12.8 Å². The van der Waals surface area contributed by atoms with Crippen molar-refractivity contribution in [2.75, 3.05) is 6.61 Å². The fraction of sp³-hybridized carbons (Fsp3) is 0.778. The smallest absolute Gasteiger partial charge is 0.325 e. The Hall–Kier alpha value is -1.14. The molecule has 5 N–H and O–H groups in total. The first-order chi connectivity index (χ1) is 7.02. The number of esters is 1. The molecule has 2 atom stereocenters. The Labute approximate surface area is 87.6 Å². The topological polar surface area (TPSA) is 116 Å². The quantitative estimate of drug-likeness (QED) is 0.494. The first-order valence-electron chi connectivity index (χ1n) is 4.93. The van der Waals surface area contributed by atoms with Crippen LogP contribution in [0.25, 0.3) is 0 Å². The molecule has 0 heterocycles. The Bertz CT molecular complexity index is 252. The predicted molar refractivity (Wildman–Crippen MR) is 51.9 cm³/mol. The fourth-order valence-electron chi connectivity index (χ4n) is 1.13. The zero-order valence-corrected chi connectivity index (χ0v) is 8.39. The molecule has 1 fully saturated rings. The number of nitrogens with two attached hydrogens (primary N) is 2.